The van der Waals surface area contributed by atoms with E-state index in [2.05, 4.69) is 24.8 Å². The zero-order chi connectivity index (χ0) is 17.3. The van der Waals surface area contributed by atoms with Crippen molar-refractivity contribution in [1.29, 1.82) is 0 Å². The van der Waals surface area contributed by atoms with Crippen LogP contribution >= 0.6 is 23.2 Å². The highest BCUT2D eigenvalue weighted by Crippen LogP contribution is 2.30. The molecular formula is C18H19Cl2N2OSi+. The summed E-state index contributed by atoms with van der Waals surface area (Å²) in [6.07, 6.45) is 0.853. The molecule has 2 aromatic carbocycles. The lowest BCUT2D eigenvalue weighted by Gasteiger charge is -2.11. The summed E-state index contributed by atoms with van der Waals surface area (Å²) in [5.74, 6) is 0. The van der Waals surface area contributed by atoms with Gasteiger partial charge in [-0.2, -0.15) is 0 Å². The fraction of sp³-hybridized carbons (Fsp3) is 0.222. The van der Waals surface area contributed by atoms with Crippen LogP contribution in [0.4, 0.5) is 0 Å². The predicted octanol–water partition coefficient (Wildman–Crippen LogP) is 5.48. The minimum Gasteiger partial charge on any atom is -0.0844 e. The predicted molar refractivity (Wildman–Crippen MR) is 101 cm³/mol. The highest BCUT2D eigenvalue weighted by molar-refractivity contribution is 6.74. The Morgan fingerprint density at radius 1 is 0.875 bits per heavy atom. The molecule has 124 valence electrons. The molecule has 1 aromatic heterocycles. The summed E-state index contributed by atoms with van der Waals surface area (Å²) in [7, 11) is -1.39. The second-order valence-electron chi connectivity index (χ2n) is 6.98. The fourth-order valence-electron chi connectivity index (χ4n) is 2.52. The second-order valence-corrected chi connectivity index (χ2v) is 13.3. The lowest BCUT2D eigenvalue weighted by atomic mass is 10.0. The average Bonchev–Trinajstić information content (AvgIpc) is 2.90. The minimum absolute atomic E-state index is 0.699. The summed E-state index contributed by atoms with van der Waals surface area (Å²) in [5.41, 5.74) is 3.79. The summed E-state index contributed by atoms with van der Waals surface area (Å²) in [5, 5.41) is 5.74. The van der Waals surface area contributed by atoms with Crippen molar-refractivity contribution in [3.8, 4) is 22.5 Å². The van der Waals surface area contributed by atoms with E-state index < -0.39 is 8.07 Å². The van der Waals surface area contributed by atoms with Crippen molar-refractivity contribution in [2.24, 2.45) is 0 Å². The van der Waals surface area contributed by atoms with Gasteiger partial charge >= 0.3 is 0 Å². The maximum absolute atomic E-state index is 6.04. The third kappa shape index (κ3) is 3.89. The van der Waals surface area contributed by atoms with E-state index in [0.29, 0.717) is 10.0 Å². The Bertz CT molecular complexity index is 837. The zero-order valence-electron chi connectivity index (χ0n) is 13.9. The van der Waals surface area contributed by atoms with Gasteiger partial charge < -0.3 is 0 Å². The first kappa shape index (κ1) is 17.2. The zero-order valence-corrected chi connectivity index (χ0v) is 16.4. The number of hydrogen-bond acceptors (Lipinski definition) is 2. The van der Waals surface area contributed by atoms with Crippen LogP contribution in [0.25, 0.3) is 22.5 Å². The molecule has 0 bridgehead atoms. The summed E-state index contributed by atoms with van der Waals surface area (Å²) >= 11 is 12.0. The van der Waals surface area contributed by atoms with E-state index in [1.807, 2.05) is 53.3 Å². The molecule has 6 heteroatoms. The third-order valence-electron chi connectivity index (χ3n) is 3.56. The molecule has 0 N–H and O–H groups in total. The molecule has 3 rings (SSSR count). The van der Waals surface area contributed by atoms with Crippen molar-refractivity contribution < 1.29 is 9.37 Å². The molecule has 0 aliphatic rings. The molecule has 3 aromatic rings. The maximum Gasteiger partial charge on any atom is 0.281 e. The molecule has 1 heterocycles. The number of rotatable bonds is 4. The van der Waals surface area contributed by atoms with Crippen LogP contribution in [0.2, 0.25) is 29.7 Å². The molecule has 0 fully saturated rings. The standard InChI is InChI=1S/C18H19Cl2N2OSi/c1-24(2,3)12-22-18(14-6-10-16(20)11-7-14)17(21-23-22)13-4-8-15(19)9-5-13/h4-11H,12H2,1-3H3/q+1. The normalized spacial score (nSPS) is 11.7. The van der Waals surface area contributed by atoms with Crippen LogP contribution < -0.4 is 4.74 Å². The lowest BCUT2D eigenvalue weighted by Crippen LogP contribution is -2.46. The van der Waals surface area contributed by atoms with Gasteiger partial charge in [-0.1, -0.05) is 52.2 Å². The van der Waals surface area contributed by atoms with Crippen molar-refractivity contribution in [2.45, 2.75) is 25.8 Å². The Balaban J connectivity index is 2.15. The van der Waals surface area contributed by atoms with E-state index in [-0.39, 0.29) is 0 Å². The number of nitrogens with zero attached hydrogens (tertiary/aromatic N) is 2. The van der Waals surface area contributed by atoms with Crippen LogP contribution in [-0.2, 0) is 6.17 Å². The molecule has 0 atom stereocenters. The van der Waals surface area contributed by atoms with Gasteiger partial charge in [0, 0.05) is 21.2 Å². The van der Waals surface area contributed by atoms with Crippen LogP contribution in [0.15, 0.2) is 53.2 Å². The first-order chi connectivity index (χ1) is 11.3. The summed E-state index contributed by atoms with van der Waals surface area (Å²) < 4.78 is 7.58. The Labute approximate surface area is 152 Å². The lowest BCUT2D eigenvalue weighted by molar-refractivity contribution is -0.852. The summed E-state index contributed by atoms with van der Waals surface area (Å²) in [4.78, 5) is 0. The van der Waals surface area contributed by atoms with Gasteiger partial charge in [0.15, 0.2) is 5.16 Å². The van der Waals surface area contributed by atoms with E-state index >= 15 is 0 Å². The molecule has 0 radical (unpaired) electrons. The molecule has 0 spiro atoms. The topological polar surface area (TPSA) is 29.9 Å². The van der Waals surface area contributed by atoms with Crippen molar-refractivity contribution in [2.75, 3.05) is 0 Å². The quantitative estimate of drug-likeness (QED) is 0.444. The van der Waals surface area contributed by atoms with Crippen molar-refractivity contribution >= 4 is 31.3 Å². The van der Waals surface area contributed by atoms with Crippen LogP contribution in [0.3, 0.4) is 0 Å². The number of hydrogen-bond donors (Lipinski definition) is 0. The van der Waals surface area contributed by atoms with Crippen LogP contribution in [0.1, 0.15) is 0 Å². The Morgan fingerprint density at radius 2 is 1.38 bits per heavy atom. The van der Waals surface area contributed by atoms with Gasteiger partial charge in [0.1, 0.15) is 6.17 Å². The highest BCUT2D eigenvalue weighted by atomic mass is 35.5. The number of benzene rings is 2. The van der Waals surface area contributed by atoms with Gasteiger partial charge in [0.25, 0.3) is 5.69 Å². The molecule has 0 aliphatic carbocycles. The Hall–Kier alpha value is -1.62. The first-order valence-corrected chi connectivity index (χ1v) is 12.2. The molecular weight excluding hydrogens is 359 g/mol. The first-order valence-electron chi connectivity index (χ1n) is 7.75. The SMILES string of the molecule is C[Si](C)(C)C[n+]1onc(-c2ccc(Cl)cc2)c1-c1ccc(Cl)cc1. The molecule has 24 heavy (non-hydrogen) atoms. The second kappa shape index (κ2) is 6.71. The molecule has 0 amide bonds. The third-order valence-corrected chi connectivity index (χ3v) is 5.30. The largest absolute Gasteiger partial charge is 0.281 e. The Kier molecular flexibility index (Phi) is 4.81. The van der Waals surface area contributed by atoms with E-state index in [0.717, 1.165) is 28.7 Å². The molecule has 0 saturated heterocycles. The minimum atomic E-state index is -1.39. The molecule has 0 aliphatic heterocycles. The van der Waals surface area contributed by atoms with Crippen molar-refractivity contribution in [3.63, 3.8) is 0 Å². The fourth-order valence-corrected chi connectivity index (χ4v) is 3.85. The summed E-state index contributed by atoms with van der Waals surface area (Å²) in [6, 6.07) is 15.4. The van der Waals surface area contributed by atoms with Gasteiger partial charge in [0.05, 0.1) is 8.07 Å². The van der Waals surface area contributed by atoms with Crippen molar-refractivity contribution in [3.05, 3.63) is 58.6 Å². The monoisotopic (exact) mass is 377 g/mol. The number of aromatic nitrogens is 2. The average molecular weight is 378 g/mol. The van der Waals surface area contributed by atoms with E-state index in [9.17, 15) is 0 Å². The van der Waals surface area contributed by atoms with Gasteiger partial charge in [-0.25, -0.2) is 0 Å². The van der Waals surface area contributed by atoms with E-state index in [4.69, 9.17) is 27.8 Å². The highest BCUT2D eigenvalue weighted by Gasteiger charge is 2.30. The van der Waals surface area contributed by atoms with Gasteiger partial charge in [-0.15, -0.1) is 0 Å². The van der Waals surface area contributed by atoms with E-state index in [1.54, 1.807) is 0 Å². The van der Waals surface area contributed by atoms with Crippen molar-refractivity contribution in [1.82, 2.24) is 5.16 Å². The van der Waals surface area contributed by atoms with Gasteiger partial charge in [-0.3, -0.25) is 0 Å². The molecule has 0 saturated carbocycles. The number of halogens is 2. The smallest absolute Gasteiger partial charge is 0.0844 e. The maximum atomic E-state index is 6.04. The Morgan fingerprint density at radius 3 is 1.88 bits per heavy atom. The van der Waals surface area contributed by atoms with Gasteiger partial charge in [-0.05, 0) is 48.5 Å². The summed E-state index contributed by atoms with van der Waals surface area (Å²) in [6.45, 7) is 6.91. The van der Waals surface area contributed by atoms with Crippen LogP contribution in [-0.4, -0.2) is 13.2 Å². The molecule has 3 nitrogen and oxygen atoms in total. The van der Waals surface area contributed by atoms with Crippen LogP contribution in [0, 0.1) is 0 Å². The van der Waals surface area contributed by atoms with E-state index in [1.165, 1.54) is 0 Å². The van der Waals surface area contributed by atoms with Gasteiger partial charge in [0.2, 0.25) is 5.69 Å². The van der Waals surface area contributed by atoms with Crippen LogP contribution in [0.5, 0.6) is 0 Å². The molecule has 0 unspecified atom stereocenters.